The zero-order valence-electron chi connectivity index (χ0n) is 13.7. The van der Waals surface area contributed by atoms with Crippen LogP contribution in [0.2, 0.25) is 0 Å². The summed E-state index contributed by atoms with van der Waals surface area (Å²) in [6, 6.07) is 6.77. The lowest BCUT2D eigenvalue weighted by atomic mass is 10.1. The van der Waals surface area contributed by atoms with Gasteiger partial charge in [0.1, 0.15) is 0 Å². The first-order valence-corrected chi connectivity index (χ1v) is 7.04. The molecule has 7 heteroatoms. The van der Waals surface area contributed by atoms with Gasteiger partial charge in [0.05, 0.1) is 4.92 Å². The van der Waals surface area contributed by atoms with Gasteiger partial charge in [0.15, 0.2) is 5.96 Å². The SMILES string of the molecule is CN(C)C(=NCCCCc1ccc([N+](=O)[O-])cc1)N(C)C.I. The van der Waals surface area contributed by atoms with E-state index >= 15 is 0 Å². The number of non-ortho nitro benzene ring substituents is 1. The standard InChI is InChI=1S/C15H24N4O2.HI/c1-17(2)15(18(3)4)16-12-6-5-7-13-8-10-14(11-9-13)19(20)21;/h8-11H,5-7,12H2,1-4H3;1H. The highest BCUT2D eigenvalue weighted by molar-refractivity contribution is 14.0. The Morgan fingerprint density at radius 2 is 1.64 bits per heavy atom. The van der Waals surface area contributed by atoms with E-state index in [1.165, 1.54) is 0 Å². The zero-order chi connectivity index (χ0) is 15.8. The van der Waals surface area contributed by atoms with Gasteiger partial charge in [-0.15, -0.1) is 24.0 Å². The van der Waals surface area contributed by atoms with Crippen LogP contribution in [0.4, 0.5) is 5.69 Å². The molecule has 6 nitrogen and oxygen atoms in total. The van der Waals surface area contributed by atoms with E-state index in [0.29, 0.717) is 0 Å². The minimum Gasteiger partial charge on any atom is -0.349 e. The Bertz CT molecular complexity index is 477. The van der Waals surface area contributed by atoms with Crippen LogP contribution in [0.15, 0.2) is 29.3 Å². The summed E-state index contributed by atoms with van der Waals surface area (Å²) in [5.41, 5.74) is 1.27. The van der Waals surface area contributed by atoms with Gasteiger partial charge >= 0.3 is 0 Å². The monoisotopic (exact) mass is 420 g/mol. The predicted molar refractivity (Wildman–Crippen MR) is 101 cm³/mol. The van der Waals surface area contributed by atoms with Crippen molar-refractivity contribution in [3.63, 3.8) is 0 Å². The molecule has 0 fully saturated rings. The van der Waals surface area contributed by atoms with E-state index in [9.17, 15) is 10.1 Å². The molecule has 0 aliphatic rings. The van der Waals surface area contributed by atoms with Crippen molar-refractivity contribution in [2.45, 2.75) is 19.3 Å². The minimum atomic E-state index is -0.373. The summed E-state index contributed by atoms with van der Waals surface area (Å²) < 4.78 is 0. The molecule has 0 amide bonds. The van der Waals surface area contributed by atoms with Gasteiger partial charge in [-0.05, 0) is 24.8 Å². The topological polar surface area (TPSA) is 62.0 Å². The van der Waals surface area contributed by atoms with E-state index in [1.54, 1.807) is 12.1 Å². The Morgan fingerprint density at radius 1 is 1.09 bits per heavy atom. The normalized spacial score (nSPS) is 9.64. The van der Waals surface area contributed by atoms with Crippen LogP contribution in [-0.2, 0) is 6.42 Å². The highest BCUT2D eigenvalue weighted by atomic mass is 127. The van der Waals surface area contributed by atoms with Crippen LogP contribution in [-0.4, -0.2) is 55.4 Å². The van der Waals surface area contributed by atoms with Gasteiger partial charge in [0.25, 0.3) is 5.69 Å². The number of rotatable bonds is 6. The smallest absolute Gasteiger partial charge is 0.269 e. The van der Waals surface area contributed by atoms with E-state index in [4.69, 9.17) is 0 Å². The number of guanidine groups is 1. The number of hydrogen-bond acceptors (Lipinski definition) is 3. The molecule has 0 aliphatic heterocycles. The summed E-state index contributed by atoms with van der Waals surface area (Å²) in [4.78, 5) is 18.8. The number of hydrogen-bond donors (Lipinski definition) is 0. The third-order valence-corrected chi connectivity index (χ3v) is 3.07. The minimum absolute atomic E-state index is 0. The van der Waals surface area contributed by atoms with Crippen LogP contribution in [0.1, 0.15) is 18.4 Å². The van der Waals surface area contributed by atoms with Crippen LogP contribution in [0.25, 0.3) is 0 Å². The second-order valence-corrected chi connectivity index (χ2v) is 5.35. The largest absolute Gasteiger partial charge is 0.349 e. The van der Waals surface area contributed by atoms with E-state index in [0.717, 1.165) is 37.3 Å². The zero-order valence-corrected chi connectivity index (χ0v) is 16.0. The summed E-state index contributed by atoms with van der Waals surface area (Å²) in [5, 5.41) is 10.6. The van der Waals surface area contributed by atoms with Crippen LogP contribution in [0.5, 0.6) is 0 Å². The molecule has 0 aliphatic carbocycles. The van der Waals surface area contributed by atoms with Crippen LogP contribution < -0.4 is 0 Å². The van der Waals surface area contributed by atoms with Crippen molar-refractivity contribution in [3.8, 4) is 0 Å². The average molecular weight is 420 g/mol. The lowest BCUT2D eigenvalue weighted by molar-refractivity contribution is -0.384. The Kier molecular flexibility index (Phi) is 9.71. The van der Waals surface area contributed by atoms with E-state index in [-0.39, 0.29) is 34.6 Å². The number of aliphatic imine (C=N–C) groups is 1. The molecule has 124 valence electrons. The molecular weight excluding hydrogens is 395 g/mol. The summed E-state index contributed by atoms with van der Waals surface area (Å²) in [5.74, 6) is 0.963. The molecule has 0 N–H and O–H groups in total. The summed E-state index contributed by atoms with van der Waals surface area (Å²) >= 11 is 0. The fourth-order valence-electron chi connectivity index (χ4n) is 2.09. The quantitative estimate of drug-likeness (QED) is 0.177. The van der Waals surface area contributed by atoms with Gasteiger partial charge in [0.2, 0.25) is 0 Å². The molecule has 1 rings (SSSR count). The average Bonchev–Trinajstić information content (AvgIpc) is 2.42. The number of unbranched alkanes of at least 4 members (excludes halogenated alkanes) is 1. The van der Waals surface area contributed by atoms with Gasteiger partial charge < -0.3 is 9.80 Å². The lowest BCUT2D eigenvalue weighted by Crippen LogP contribution is -2.35. The molecule has 1 aromatic rings. The number of halogens is 1. The lowest BCUT2D eigenvalue weighted by Gasteiger charge is -2.22. The molecule has 0 aromatic heterocycles. The van der Waals surface area contributed by atoms with E-state index in [2.05, 4.69) is 4.99 Å². The van der Waals surface area contributed by atoms with Gasteiger partial charge in [-0.2, -0.15) is 0 Å². The Morgan fingerprint density at radius 3 is 2.09 bits per heavy atom. The molecule has 0 saturated heterocycles. The second-order valence-electron chi connectivity index (χ2n) is 5.35. The first kappa shape index (κ1) is 20.6. The highest BCUT2D eigenvalue weighted by Crippen LogP contribution is 2.13. The molecule has 0 unspecified atom stereocenters. The van der Waals surface area contributed by atoms with Crippen LogP contribution in [0, 0.1) is 10.1 Å². The van der Waals surface area contributed by atoms with Gasteiger partial charge in [-0.3, -0.25) is 15.1 Å². The molecule has 22 heavy (non-hydrogen) atoms. The van der Waals surface area contributed by atoms with E-state index < -0.39 is 0 Å². The number of nitro groups is 1. The summed E-state index contributed by atoms with van der Waals surface area (Å²) in [6.45, 7) is 0.790. The molecule has 0 saturated carbocycles. The van der Waals surface area contributed by atoms with Gasteiger partial charge in [-0.25, -0.2) is 0 Å². The van der Waals surface area contributed by atoms with Gasteiger partial charge in [-0.1, -0.05) is 12.1 Å². The van der Waals surface area contributed by atoms with Crippen molar-refractivity contribution in [2.24, 2.45) is 4.99 Å². The number of aryl methyl sites for hydroxylation is 1. The maximum atomic E-state index is 10.6. The number of nitrogens with zero attached hydrogens (tertiary/aromatic N) is 4. The summed E-state index contributed by atoms with van der Waals surface area (Å²) in [7, 11) is 7.93. The van der Waals surface area contributed by atoms with Crippen LogP contribution in [0.3, 0.4) is 0 Å². The molecule has 1 aromatic carbocycles. The Labute approximate surface area is 149 Å². The fourth-order valence-corrected chi connectivity index (χ4v) is 2.09. The maximum absolute atomic E-state index is 10.6. The highest BCUT2D eigenvalue weighted by Gasteiger charge is 2.04. The maximum Gasteiger partial charge on any atom is 0.269 e. The molecule has 0 radical (unpaired) electrons. The van der Waals surface area contributed by atoms with Gasteiger partial charge in [0, 0.05) is 46.9 Å². The fraction of sp³-hybridized carbons (Fsp3) is 0.533. The molecule has 0 atom stereocenters. The molecule has 0 heterocycles. The Balaban J connectivity index is 0.00000441. The number of nitro benzene ring substituents is 1. The first-order valence-electron chi connectivity index (χ1n) is 7.04. The Hall–Kier alpha value is -1.38. The molecular formula is C15H25IN4O2. The second kappa shape index (κ2) is 10.4. The van der Waals surface area contributed by atoms with E-state index in [1.807, 2.05) is 50.1 Å². The van der Waals surface area contributed by atoms with Crippen molar-refractivity contribution in [2.75, 3.05) is 34.7 Å². The van der Waals surface area contributed by atoms with Crippen molar-refractivity contribution >= 4 is 35.6 Å². The third-order valence-electron chi connectivity index (χ3n) is 3.07. The molecule has 0 spiro atoms. The third kappa shape index (κ3) is 7.06. The van der Waals surface area contributed by atoms with Crippen molar-refractivity contribution in [3.05, 3.63) is 39.9 Å². The van der Waals surface area contributed by atoms with Crippen molar-refractivity contribution in [1.29, 1.82) is 0 Å². The van der Waals surface area contributed by atoms with Crippen molar-refractivity contribution < 1.29 is 4.92 Å². The van der Waals surface area contributed by atoms with Crippen molar-refractivity contribution in [1.82, 2.24) is 9.80 Å². The predicted octanol–water partition coefficient (Wildman–Crippen LogP) is 3.01. The van der Waals surface area contributed by atoms with Crippen LogP contribution >= 0.6 is 24.0 Å². The molecule has 0 bridgehead atoms. The first-order chi connectivity index (χ1) is 9.91. The number of benzene rings is 1. The summed E-state index contributed by atoms with van der Waals surface area (Å²) in [6.07, 6.45) is 2.95.